The van der Waals surface area contributed by atoms with Crippen molar-refractivity contribution < 1.29 is 9.59 Å². The Labute approximate surface area is 130 Å². The molecule has 0 radical (unpaired) electrons. The summed E-state index contributed by atoms with van der Waals surface area (Å²) in [5, 5.41) is 5.01. The second-order valence-corrected chi connectivity index (χ2v) is 5.96. The molecule has 2 aromatic rings. The second-order valence-electron chi connectivity index (χ2n) is 4.58. The zero-order chi connectivity index (χ0) is 15.0. The van der Waals surface area contributed by atoms with Crippen LogP contribution in [0.25, 0.3) is 6.08 Å². The summed E-state index contributed by atoms with van der Waals surface area (Å²) in [5.74, 6) is -0.380. The van der Waals surface area contributed by atoms with Gasteiger partial charge in [-0.25, -0.2) is 9.69 Å². The number of carbonyl (C=O) groups is 2. The minimum absolute atomic E-state index is 0.269. The summed E-state index contributed by atoms with van der Waals surface area (Å²) in [5.41, 5.74) is 1.79. The number of halogens is 1. The lowest BCUT2D eigenvalue weighted by atomic mass is 10.2. The first kappa shape index (κ1) is 13.9. The summed E-state index contributed by atoms with van der Waals surface area (Å²) in [6, 6.07) is 8.13. The van der Waals surface area contributed by atoms with Crippen molar-refractivity contribution in [2.24, 2.45) is 0 Å². The van der Waals surface area contributed by atoms with Crippen LogP contribution in [0.15, 0.2) is 41.4 Å². The van der Waals surface area contributed by atoms with Crippen LogP contribution in [0.3, 0.4) is 0 Å². The van der Waals surface area contributed by atoms with Gasteiger partial charge in [0, 0.05) is 9.90 Å². The van der Waals surface area contributed by atoms with Crippen LogP contribution in [0.2, 0.25) is 5.02 Å². The Morgan fingerprint density at radius 2 is 2.10 bits per heavy atom. The second kappa shape index (κ2) is 5.35. The van der Waals surface area contributed by atoms with Gasteiger partial charge in [0.1, 0.15) is 5.70 Å². The highest BCUT2D eigenvalue weighted by atomic mass is 35.5. The van der Waals surface area contributed by atoms with Crippen LogP contribution in [0.1, 0.15) is 10.4 Å². The molecule has 1 aliphatic heterocycles. The Hall–Kier alpha value is -2.11. The standard InChI is InChI=1S/C15H11ClN2O2S/c1-9-5-6-21-13(9)8-12-14(19)18(15(20)17-12)11-4-2-3-10(16)7-11/h2-8H,1H3,(H,17,20)/b12-8-. The summed E-state index contributed by atoms with van der Waals surface area (Å²) >= 11 is 7.43. The van der Waals surface area contributed by atoms with Crippen LogP contribution >= 0.6 is 22.9 Å². The number of hydrogen-bond acceptors (Lipinski definition) is 3. The molecule has 4 nitrogen and oxygen atoms in total. The van der Waals surface area contributed by atoms with Gasteiger partial charge in [-0.3, -0.25) is 4.79 Å². The van der Waals surface area contributed by atoms with Gasteiger partial charge < -0.3 is 5.32 Å². The molecule has 1 fully saturated rings. The maximum atomic E-state index is 12.4. The molecule has 1 aromatic carbocycles. The van der Waals surface area contributed by atoms with Crippen molar-refractivity contribution in [3.63, 3.8) is 0 Å². The third kappa shape index (κ3) is 2.57. The number of aryl methyl sites for hydroxylation is 1. The van der Waals surface area contributed by atoms with E-state index in [1.165, 1.54) is 11.3 Å². The van der Waals surface area contributed by atoms with Crippen molar-refractivity contribution in [3.05, 3.63) is 56.9 Å². The fourth-order valence-electron chi connectivity index (χ4n) is 2.05. The normalized spacial score (nSPS) is 16.7. The monoisotopic (exact) mass is 318 g/mol. The minimum Gasteiger partial charge on any atom is -0.302 e. The van der Waals surface area contributed by atoms with Gasteiger partial charge in [0.2, 0.25) is 0 Å². The van der Waals surface area contributed by atoms with E-state index in [4.69, 9.17) is 11.6 Å². The average Bonchev–Trinajstić information content (AvgIpc) is 2.95. The number of nitrogens with zero attached hydrogens (tertiary/aromatic N) is 1. The molecule has 2 heterocycles. The SMILES string of the molecule is Cc1ccsc1/C=C1\NC(=O)N(c2cccc(Cl)c2)C1=O. The number of nitrogens with one attached hydrogen (secondary N) is 1. The summed E-state index contributed by atoms with van der Waals surface area (Å²) < 4.78 is 0. The van der Waals surface area contributed by atoms with Gasteiger partial charge in [-0.2, -0.15) is 0 Å². The maximum absolute atomic E-state index is 12.4. The van der Waals surface area contributed by atoms with E-state index in [0.717, 1.165) is 15.3 Å². The number of carbonyl (C=O) groups excluding carboxylic acids is 2. The van der Waals surface area contributed by atoms with Crippen LogP contribution in [0.5, 0.6) is 0 Å². The summed E-state index contributed by atoms with van der Waals surface area (Å²) in [4.78, 5) is 26.5. The van der Waals surface area contributed by atoms with Crippen LogP contribution in [-0.2, 0) is 4.79 Å². The number of benzene rings is 1. The molecule has 1 aliphatic rings. The average molecular weight is 319 g/mol. The number of hydrogen-bond donors (Lipinski definition) is 1. The zero-order valence-electron chi connectivity index (χ0n) is 11.1. The molecule has 0 spiro atoms. The van der Waals surface area contributed by atoms with Gasteiger partial charge in [-0.1, -0.05) is 17.7 Å². The molecular formula is C15H11ClN2O2S. The molecule has 0 saturated carbocycles. The van der Waals surface area contributed by atoms with Crippen molar-refractivity contribution in [2.75, 3.05) is 4.90 Å². The van der Waals surface area contributed by atoms with E-state index < -0.39 is 6.03 Å². The van der Waals surface area contributed by atoms with Crippen molar-refractivity contribution >= 4 is 46.6 Å². The van der Waals surface area contributed by atoms with Gasteiger partial charge in [-0.15, -0.1) is 11.3 Å². The van der Waals surface area contributed by atoms with Crippen molar-refractivity contribution in [1.82, 2.24) is 5.32 Å². The molecule has 3 rings (SSSR count). The first-order valence-electron chi connectivity index (χ1n) is 6.23. The Bertz CT molecular complexity index is 767. The molecule has 0 unspecified atom stereocenters. The number of thiophene rings is 1. The number of anilines is 1. The van der Waals surface area contributed by atoms with Gasteiger partial charge in [0.15, 0.2) is 0 Å². The lowest BCUT2D eigenvalue weighted by Crippen LogP contribution is -2.30. The molecule has 0 bridgehead atoms. The number of imide groups is 1. The third-order valence-corrected chi connectivity index (χ3v) is 4.32. The van der Waals surface area contributed by atoms with Gasteiger partial charge in [-0.05, 0) is 48.2 Å². The number of urea groups is 1. The molecule has 6 heteroatoms. The smallest absolute Gasteiger partial charge is 0.302 e. The van der Waals surface area contributed by atoms with Crippen molar-refractivity contribution in [3.8, 4) is 0 Å². The molecule has 1 aromatic heterocycles. The van der Waals surface area contributed by atoms with Crippen LogP contribution < -0.4 is 10.2 Å². The lowest BCUT2D eigenvalue weighted by Gasteiger charge is -2.11. The van der Waals surface area contributed by atoms with E-state index in [0.29, 0.717) is 10.7 Å². The van der Waals surface area contributed by atoms with Gasteiger partial charge in [0.25, 0.3) is 5.91 Å². The number of amides is 3. The van der Waals surface area contributed by atoms with E-state index in [2.05, 4.69) is 5.32 Å². The molecular weight excluding hydrogens is 308 g/mol. The predicted octanol–water partition coefficient (Wildman–Crippen LogP) is 3.81. The topological polar surface area (TPSA) is 49.4 Å². The summed E-state index contributed by atoms with van der Waals surface area (Å²) in [7, 11) is 0. The summed E-state index contributed by atoms with van der Waals surface area (Å²) in [6.07, 6.45) is 1.70. The highest BCUT2D eigenvalue weighted by molar-refractivity contribution is 7.11. The van der Waals surface area contributed by atoms with Gasteiger partial charge >= 0.3 is 6.03 Å². The summed E-state index contributed by atoms with van der Waals surface area (Å²) in [6.45, 7) is 1.96. The zero-order valence-corrected chi connectivity index (χ0v) is 12.7. The minimum atomic E-state index is -0.470. The predicted molar refractivity (Wildman–Crippen MR) is 84.5 cm³/mol. The third-order valence-electron chi connectivity index (χ3n) is 3.12. The Kier molecular flexibility index (Phi) is 3.53. The fourth-order valence-corrected chi connectivity index (χ4v) is 3.09. The molecule has 3 amide bonds. The largest absolute Gasteiger partial charge is 0.333 e. The van der Waals surface area contributed by atoms with E-state index in [1.54, 1.807) is 30.3 Å². The van der Waals surface area contributed by atoms with Crippen LogP contribution in [0, 0.1) is 6.92 Å². The van der Waals surface area contributed by atoms with E-state index in [-0.39, 0.29) is 11.6 Å². The lowest BCUT2D eigenvalue weighted by molar-refractivity contribution is -0.113. The van der Waals surface area contributed by atoms with Crippen LogP contribution in [0.4, 0.5) is 10.5 Å². The van der Waals surface area contributed by atoms with E-state index in [1.807, 2.05) is 18.4 Å². The van der Waals surface area contributed by atoms with Crippen molar-refractivity contribution in [2.45, 2.75) is 6.92 Å². The fraction of sp³-hybridized carbons (Fsp3) is 0.0667. The first-order chi connectivity index (χ1) is 10.1. The molecule has 1 N–H and O–H groups in total. The van der Waals surface area contributed by atoms with E-state index in [9.17, 15) is 9.59 Å². The first-order valence-corrected chi connectivity index (χ1v) is 7.49. The molecule has 1 saturated heterocycles. The highest BCUT2D eigenvalue weighted by Crippen LogP contribution is 2.26. The molecule has 21 heavy (non-hydrogen) atoms. The van der Waals surface area contributed by atoms with Crippen LogP contribution in [-0.4, -0.2) is 11.9 Å². The molecule has 106 valence electrons. The Morgan fingerprint density at radius 3 is 2.76 bits per heavy atom. The number of rotatable bonds is 2. The quantitative estimate of drug-likeness (QED) is 0.676. The Balaban J connectivity index is 1.96. The highest BCUT2D eigenvalue weighted by Gasteiger charge is 2.35. The molecule has 0 atom stereocenters. The Morgan fingerprint density at radius 1 is 1.29 bits per heavy atom. The van der Waals surface area contributed by atoms with E-state index >= 15 is 0 Å². The van der Waals surface area contributed by atoms with Gasteiger partial charge in [0.05, 0.1) is 5.69 Å². The molecule has 0 aliphatic carbocycles. The van der Waals surface area contributed by atoms with Crippen molar-refractivity contribution in [1.29, 1.82) is 0 Å². The maximum Gasteiger partial charge on any atom is 0.333 e.